The number of nitrogens with one attached hydrogen (secondary N) is 1. The van der Waals surface area contributed by atoms with E-state index in [9.17, 15) is 14.7 Å². The van der Waals surface area contributed by atoms with Gasteiger partial charge in [0, 0.05) is 17.7 Å². The molecule has 4 aromatic carbocycles. The number of aliphatic carboxylic acids is 1. The van der Waals surface area contributed by atoms with Crippen LogP contribution in [-0.2, 0) is 11.2 Å². The maximum atomic E-state index is 15.1. The fourth-order valence-corrected chi connectivity index (χ4v) is 5.16. The second-order valence-corrected chi connectivity index (χ2v) is 10.4. The molecule has 0 aliphatic carbocycles. The van der Waals surface area contributed by atoms with Crippen molar-refractivity contribution in [1.29, 1.82) is 0 Å². The molecule has 0 aliphatic heterocycles. The molecular formula is C36H38FNO5. The zero-order chi connectivity index (χ0) is 30.4. The van der Waals surface area contributed by atoms with Gasteiger partial charge in [0.25, 0.3) is 5.91 Å². The third kappa shape index (κ3) is 8.67. The van der Waals surface area contributed by atoms with Crippen LogP contribution in [-0.4, -0.2) is 37.2 Å². The summed E-state index contributed by atoms with van der Waals surface area (Å²) < 4.78 is 26.6. The van der Waals surface area contributed by atoms with Crippen LogP contribution < -0.4 is 14.8 Å². The highest BCUT2D eigenvalue weighted by Crippen LogP contribution is 2.47. The average Bonchev–Trinajstić information content (AvgIpc) is 3.03. The molecule has 0 heterocycles. The van der Waals surface area contributed by atoms with Crippen LogP contribution in [0.2, 0.25) is 0 Å². The van der Waals surface area contributed by atoms with E-state index in [1.807, 2.05) is 24.3 Å². The van der Waals surface area contributed by atoms with Gasteiger partial charge >= 0.3 is 5.97 Å². The maximum Gasteiger partial charge on any atom is 0.341 e. The molecule has 0 saturated heterocycles. The Bertz CT molecular complexity index is 1490. The number of carboxylic acids is 1. The first-order valence-corrected chi connectivity index (χ1v) is 14.7. The number of methoxy groups -OCH3 is 1. The van der Waals surface area contributed by atoms with Crippen molar-refractivity contribution in [1.82, 2.24) is 5.32 Å². The van der Waals surface area contributed by atoms with Crippen LogP contribution in [0.25, 0.3) is 22.3 Å². The van der Waals surface area contributed by atoms with E-state index in [1.165, 1.54) is 37.6 Å². The Morgan fingerprint density at radius 3 is 2.07 bits per heavy atom. The van der Waals surface area contributed by atoms with Gasteiger partial charge in [-0.15, -0.1) is 0 Å². The minimum Gasteiger partial charge on any atom is -0.495 e. The van der Waals surface area contributed by atoms with E-state index in [1.54, 1.807) is 30.3 Å². The number of carbonyl (C=O) groups excluding carboxylic acids is 1. The number of hydrogen-bond acceptors (Lipinski definition) is 4. The van der Waals surface area contributed by atoms with Crippen molar-refractivity contribution >= 4 is 11.9 Å². The van der Waals surface area contributed by atoms with Gasteiger partial charge in [-0.3, -0.25) is 4.79 Å². The van der Waals surface area contributed by atoms with E-state index in [0.717, 1.165) is 32.1 Å². The lowest BCUT2D eigenvalue weighted by Gasteiger charge is -2.22. The number of halogens is 1. The Balaban J connectivity index is 1.51. The number of unbranched alkanes of at least 4 members (excludes halogenated alkanes) is 5. The Hall–Kier alpha value is -4.65. The molecule has 4 rings (SSSR count). The minimum absolute atomic E-state index is 0.124. The van der Waals surface area contributed by atoms with Crippen molar-refractivity contribution in [3.8, 4) is 33.8 Å². The number of benzene rings is 4. The van der Waals surface area contributed by atoms with Crippen LogP contribution >= 0.6 is 0 Å². The van der Waals surface area contributed by atoms with Crippen molar-refractivity contribution < 1.29 is 28.6 Å². The third-order valence-electron chi connectivity index (χ3n) is 7.27. The molecule has 0 bridgehead atoms. The van der Waals surface area contributed by atoms with Gasteiger partial charge < -0.3 is 19.9 Å². The second kappa shape index (κ2) is 16.1. The van der Waals surface area contributed by atoms with E-state index in [2.05, 4.69) is 29.6 Å². The van der Waals surface area contributed by atoms with E-state index < -0.39 is 18.4 Å². The summed E-state index contributed by atoms with van der Waals surface area (Å²) in [6.45, 7) is -0.165. The number of rotatable bonds is 16. The lowest BCUT2D eigenvalue weighted by Crippen LogP contribution is -2.25. The van der Waals surface area contributed by atoms with Crippen molar-refractivity contribution in [2.45, 2.75) is 44.9 Å². The van der Waals surface area contributed by atoms with Crippen molar-refractivity contribution in [3.63, 3.8) is 0 Å². The van der Waals surface area contributed by atoms with Gasteiger partial charge in [-0.2, -0.15) is 0 Å². The molecule has 0 aromatic heterocycles. The van der Waals surface area contributed by atoms with Gasteiger partial charge in [-0.25, -0.2) is 9.18 Å². The molecule has 43 heavy (non-hydrogen) atoms. The highest BCUT2D eigenvalue weighted by Gasteiger charge is 2.27. The van der Waals surface area contributed by atoms with Gasteiger partial charge in [-0.1, -0.05) is 105 Å². The highest BCUT2D eigenvalue weighted by molar-refractivity contribution is 6.03. The molecule has 0 aliphatic rings. The van der Waals surface area contributed by atoms with Crippen LogP contribution in [0.15, 0.2) is 91.0 Å². The summed E-state index contributed by atoms with van der Waals surface area (Å²) in [5.74, 6) is -1.72. The second-order valence-electron chi connectivity index (χ2n) is 10.4. The summed E-state index contributed by atoms with van der Waals surface area (Å²) in [7, 11) is 1.44. The highest BCUT2D eigenvalue weighted by atomic mass is 19.1. The molecule has 4 aromatic rings. The number of hydrogen-bond donors (Lipinski definition) is 2. The first-order valence-electron chi connectivity index (χ1n) is 14.7. The third-order valence-corrected chi connectivity index (χ3v) is 7.27. The van der Waals surface area contributed by atoms with Crippen molar-refractivity contribution in [2.24, 2.45) is 0 Å². The molecule has 224 valence electrons. The Labute approximate surface area is 252 Å². The molecule has 0 spiro atoms. The fourth-order valence-electron chi connectivity index (χ4n) is 5.16. The molecule has 7 heteroatoms. The quantitative estimate of drug-likeness (QED) is 0.131. The van der Waals surface area contributed by atoms with Crippen molar-refractivity contribution in [2.75, 3.05) is 20.3 Å². The smallest absolute Gasteiger partial charge is 0.341 e. The molecule has 0 unspecified atom stereocenters. The van der Waals surface area contributed by atoms with Crippen LogP contribution in [0.3, 0.4) is 0 Å². The Morgan fingerprint density at radius 1 is 0.767 bits per heavy atom. The molecule has 6 nitrogen and oxygen atoms in total. The monoisotopic (exact) mass is 583 g/mol. The number of amides is 1. The maximum absolute atomic E-state index is 15.1. The average molecular weight is 584 g/mol. The molecule has 1 amide bonds. The summed E-state index contributed by atoms with van der Waals surface area (Å²) in [6.07, 6.45) is 7.52. The van der Waals surface area contributed by atoms with Gasteiger partial charge in [0.1, 0.15) is 17.3 Å². The van der Waals surface area contributed by atoms with Crippen LogP contribution in [0.4, 0.5) is 4.39 Å². The lowest BCUT2D eigenvalue weighted by atomic mass is 9.92. The molecular weight excluding hydrogens is 545 g/mol. The Morgan fingerprint density at radius 2 is 1.40 bits per heavy atom. The fraction of sp³-hybridized carbons (Fsp3) is 0.278. The van der Waals surface area contributed by atoms with Crippen LogP contribution in [0, 0.1) is 5.82 Å². The van der Waals surface area contributed by atoms with E-state index in [-0.39, 0.29) is 34.1 Å². The van der Waals surface area contributed by atoms with Crippen molar-refractivity contribution in [3.05, 3.63) is 108 Å². The predicted molar refractivity (Wildman–Crippen MR) is 167 cm³/mol. The molecule has 2 N–H and O–H groups in total. The lowest BCUT2D eigenvalue weighted by molar-refractivity contribution is -0.139. The minimum atomic E-state index is -1.18. The summed E-state index contributed by atoms with van der Waals surface area (Å²) in [5.41, 5.74) is 3.05. The SMILES string of the molecule is COc1c(C(=O)NCCCCCCCCc2ccccc2)cc(-c2ccccc2F)c(OCC(=O)O)c1-c1ccccc1. The van der Waals surface area contributed by atoms with Crippen LogP contribution in [0.1, 0.15) is 54.4 Å². The first kappa shape index (κ1) is 31.3. The summed E-state index contributed by atoms with van der Waals surface area (Å²) in [6, 6.07) is 27.2. The Kier molecular flexibility index (Phi) is 11.7. The van der Waals surface area contributed by atoms with Gasteiger partial charge in [-0.05, 0) is 42.5 Å². The number of ether oxygens (including phenoxy) is 2. The molecule has 0 saturated carbocycles. The number of aryl methyl sites for hydroxylation is 1. The summed E-state index contributed by atoms with van der Waals surface area (Å²) >= 11 is 0. The molecule has 0 fully saturated rings. The van der Waals surface area contributed by atoms with E-state index >= 15 is 4.39 Å². The van der Waals surface area contributed by atoms with Gasteiger partial charge in [0.05, 0.1) is 18.2 Å². The standard InChI is InChI=1S/C36H38FNO5/c1-42-34-30(36(41)38-23-15-5-3-2-4-8-16-26-17-9-6-10-18-26)24-29(28-21-13-14-22-31(28)37)35(43-25-32(39)40)33(34)27-19-11-7-12-20-27/h6-7,9-14,17-22,24H,2-5,8,15-16,23,25H2,1H3,(H,38,41)(H,39,40). The van der Waals surface area contributed by atoms with Crippen LogP contribution in [0.5, 0.6) is 11.5 Å². The van der Waals surface area contributed by atoms with E-state index in [4.69, 9.17) is 9.47 Å². The van der Waals surface area contributed by atoms with Gasteiger partial charge in [0.2, 0.25) is 0 Å². The largest absolute Gasteiger partial charge is 0.495 e. The topological polar surface area (TPSA) is 84.9 Å². The number of carbonyl (C=O) groups is 2. The zero-order valence-electron chi connectivity index (χ0n) is 24.5. The molecule has 0 radical (unpaired) electrons. The number of carboxylic acid groups (broad SMARTS) is 1. The van der Waals surface area contributed by atoms with Gasteiger partial charge in [0.15, 0.2) is 6.61 Å². The molecule has 0 atom stereocenters. The zero-order valence-corrected chi connectivity index (χ0v) is 24.5. The normalized spacial score (nSPS) is 10.7. The first-order chi connectivity index (χ1) is 21.0. The van der Waals surface area contributed by atoms with E-state index in [0.29, 0.717) is 17.7 Å². The summed E-state index contributed by atoms with van der Waals surface area (Å²) in [5, 5.41) is 12.4. The summed E-state index contributed by atoms with van der Waals surface area (Å²) in [4.78, 5) is 25.0. The predicted octanol–water partition coefficient (Wildman–Crippen LogP) is 7.94.